The van der Waals surface area contributed by atoms with Crippen LogP contribution in [0.2, 0.25) is 5.02 Å². The van der Waals surface area contributed by atoms with Crippen LogP contribution in [-0.4, -0.2) is 23.1 Å². The first-order valence-corrected chi connectivity index (χ1v) is 10.3. The van der Waals surface area contributed by atoms with Gasteiger partial charge in [-0.2, -0.15) is 0 Å². The standard InChI is InChI=1S/C21H19ClN2O4S/c1-28-16-8-4-13(10-17-20(26)23-21(27)29-17)15-7-9-18(25)24(19(15)16)11-12-2-5-14(22)6-3-12/h2-6,8,26H,7,9-11H2,1H3,(H,23,27). The number of rotatable bonds is 5. The normalized spacial score (nSPS) is 13.4. The van der Waals surface area contributed by atoms with E-state index in [2.05, 4.69) is 4.98 Å². The monoisotopic (exact) mass is 430 g/mol. The number of aromatic amines is 1. The van der Waals surface area contributed by atoms with Crippen LogP contribution in [0.3, 0.4) is 0 Å². The molecule has 2 N–H and O–H groups in total. The lowest BCUT2D eigenvalue weighted by molar-refractivity contribution is -0.119. The maximum atomic E-state index is 12.8. The second-order valence-electron chi connectivity index (χ2n) is 6.82. The van der Waals surface area contributed by atoms with Crippen molar-refractivity contribution in [2.75, 3.05) is 12.0 Å². The molecule has 150 valence electrons. The number of H-pyrrole nitrogens is 1. The highest BCUT2D eigenvalue weighted by Gasteiger charge is 2.29. The Labute approximate surface area is 176 Å². The summed E-state index contributed by atoms with van der Waals surface area (Å²) in [5.41, 5.74) is 3.67. The molecular weight excluding hydrogens is 412 g/mol. The second kappa shape index (κ2) is 7.93. The molecule has 4 rings (SSSR count). The van der Waals surface area contributed by atoms with Crippen LogP contribution >= 0.6 is 22.9 Å². The van der Waals surface area contributed by atoms with Crippen molar-refractivity contribution in [3.63, 3.8) is 0 Å². The summed E-state index contributed by atoms with van der Waals surface area (Å²) in [6.07, 6.45) is 1.37. The van der Waals surface area contributed by atoms with Crippen LogP contribution in [0.25, 0.3) is 0 Å². The summed E-state index contributed by atoms with van der Waals surface area (Å²) < 4.78 is 5.56. The predicted octanol–water partition coefficient (Wildman–Crippen LogP) is 3.87. The molecule has 0 spiro atoms. The smallest absolute Gasteiger partial charge is 0.307 e. The fraction of sp³-hybridized carbons (Fsp3) is 0.238. The van der Waals surface area contributed by atoms with E-state index < -0.39 is 0 Å². The largest absolute Gasteiger partial charge is 0.495 e. The van der Waals surface area contributed by atoms with Gasteiger partial charge in [0, 0.05) is 17.9 Å². The van der Waals surface area contributed by atoms with Crippen molar-refractivity contribution in [3.8, 4) is 11.6 Å². The maximum Gasteiger partial charge on any atom is 0.307 e. The number of aromatic nitrogens is 1. The zero-order valence-electron chi connectivity index (χ0n) is 15.7. The molecule has 0 saturated carbocycles. The highest BCUT2D eigenvalue weighted by atomic mass is 35.5. The second-order valence-corrected chi connectivity index (χ2v) is 8.33. The van der Waals surface area contributed by atoms with Crippen molar-refractivity contribution in [1.29, 1.82) is 0 Å². The zero-order chi connectivity index (χ0) is 20.5. The van der Waals surface area contributed by atoms with Crippen LogP contribution in [0.15, 0.2) is 41.2 Å². The Morgan fingerprint density at radius 2 is 1.93 bits per heavy atom. The van der Waals surface area contributed by atoms with Crippen LogP contribution in [-0.2, 0) is 24.2 Å². The number of benzene rings is 2. The zero-order valence-corrected chi connectivity index (χ0v) is 17.3. The average molecular weight is 431 g/mol. The van der Waals surface area contributed by atoms with Gasteiger partial charge in [-0.15, -0.1) is 0 Å². The number of hydrogen-bond donors (Lipinski definition) is 2. The number of hydrogen-bond acceptors (Lipinski definition) is 5. The number of amides is 1. The van der Waals surface area contributed by atoms with E-state index in [1.807, 2.05) is 24.3 Å². The molecule has 0 atom stereocenters. The molecule has 1 amide bonds. The molecule has 0 bridgehead atoms. The minimum absolute atomic E-state index is 0.0250. The molecule has 3 aromatic rings. The summed E-state index contributed by atoms with van der Waals surface area (Å²) in [5, 5.41) is 10.6. The molecule has 1 aliphatic heterocycles. The van der Waals surface area contributed by atoms with Gasteiger partial charge in [-0.05, 0) is 41.3 Å². The van der Waals surface area contributed by atoms with Crippen molar-refractivity contribution in [2.45, 2.75) is 25.8 Å². The van der Waals surface area contributed by atoms with E-state index in [4.69, 9.17) is 16.3 Å². The maximum absolute atomic E-state index is 12.8. The Hall–Kier alpha value is -2.77. The number of halogens is 1. The quantitative estimate of drug-likeness (QED) is 0.643. The number of nitrogens with one attached hydrogen (secondary N) is 1. The van der Waals surface area contributed by atoms with Gasteiger partial charge in [0.25, 0.3) is 0 Å². The van der Waals surface area contributed by atoms with Gasteiger partial charge in [0.2, 0.25) is 11.8 Å². The number of anilines is 1. The van der Waals surface area contributed by atoms with Gasteiger partial charge in [0.05, 0.1) is 24.2 Å². The minimum Gasteiger partial charge on any atom is -0.495 e. The van der Waals surface area contributed by atoms with Crippen molar-refractivity contribution in [1.82, 2.24) is 4.98 Å². The summed E-state index contributed by atoms with van der Waals surface area (Å²) in [6, 6.07) is 11.2. The van der Waals surface area contributed by atoms with Gasteiger partial charge in [-0.1, -0.05) is 41.1 Å². The first kappa shape index (κ1) is 19.5. The summed E-state index contributed by atoms with van der Waals surface area (Å²) in [5.74, 6) is 0.545. The van der Waals surface area contributed by atoms with Crippen LogP contribution < -0.4 is 14.5 Å². The fourth-order valence-electron chi connectivity index (χ4n) is 3.64. The first-order valence-electron chi connectivity index (χ1n) is 9.10. The number of fused-ring (bicyclic) bond motifs is 1. The van der Waals surface area contributed by atoms with Crippen molar-refractivity contribution >= 4 is 34.5 Å². The summed E-state index contributed by atoms with van der Waals surface area (Å²) in [4.78, 5) is 28.7. The van der Waals surface area contributed by atoms with Crippen LogP contribution in [0.4, 0.5) is 5.69 Å². The Morgan fingerprint density at radius 3 is 2.59 bits per heavy atom. The molecule has 2 aromatic carbocycles. The molecule has 6 nitrogen and oxygen atoms in total. The Balaban J connectivity index is 1.76. The molecule has 1 aliphatic rings. The van der Waals surface area contributed by atoms with E-state index in [0.717, 1.165) is 33.7 Å². The van der Waals surface area contributed by atoms with E-state index in [1.165, 1.54) is 0 Å². The van der Waals surface area contributed by atoms with Gasteiger partial charge < -0.3 is 14.7 Å². The van der Waals surface area contributed by atoms with E-state index in [1.54, 1.807) is 24.1 Å². The van der Waals surface area contributed by atoms with Crippen LogP contribution in [0.1, 0.15) is 28.0 Å². The van der Waals surface area contributed by atoms with E-state index >= 15 is 0 Å². The Kier molecular flexibility index (Phi) is 5.34. The third-order valence-electron chi connectivity index (χ3n) is 5.03. The number of carbonyl (C=O) groups is 1. The Morgan fingerprint density at radius 1 is 1.17 bits per heavy atom. The van der Waals surface area contributed by atoms with Gasteiger partial charge >= 0.3 is 4.87 Å². The molecule has 0 aliphatic carbocycles. The lowest BCUT2D eigenvalue weighted by Gasteiger charge is -2.32. The van der Waals surface area contributed by atoms with Gasteiger partial charge in [-0.25, -0.2) is 0 Å². The molecular formula is C21H19ClN2O4S. The number of nitrogens with zero attached hydrogens (tertiary/aromatic N) is 1. The SMILES string of the molecule is COc1ccc(Cc2sc(=O)[nH]c2O)c2c1N(Cc1ccc(Cl)cc1)C(=O)CC2. The lowest BCUT2D eigenvalue weighted by Crippen LogP contribution is -2.35. The van der Waals surface area contributed by atoms with Crippen molar-refractivity contribution in [2.24, 2.45) is 0 Å². The Bertz CT molecular complexity index is 1120. The molecule has 29 heavy (non-hydrogen) atoms. The topological polar surface area (TPSA) is 82.6 Å². The third kappa shape index (κ3) is 3.88. The lowest BCUT2D eigenvalue weighted by atomic mass is 9.92. The molecule has 1 aromatic heterocycles. The molecule has 0 unspecified atom stereocenters. The van der Waals surface area contributed by atoms with E-state index in [9.17, 15) is 14.7 Å². The van der Waals surface area contributed by atoms with Crippen molar-refractivity contribution in [3.05, 3.63) is 72.7 Å². The van der Waals surface area contributed by atoms with Crippen LogP contribution in [0, 0.1) is 0 Å². The van der Waals surface area contributed by atoms with Gasteiger partial charge in [0.15, 0.2) is 0 Å². The fourth-order valence-corrected chi connectivity index (χ4v) is 4.51. The highest BCUT2D eigenvalue weighted by molar-refractivity contribution is 7.09. The first-order chi connectivity index (χ1) is 14.0. The number of methoxy groups -OCH3 is 1. The molecule has 8 heteroatoms. The molecule has 0 saturated heterocycles. The van der Waals surface area contributed by atoms with Crippen molar-refractivity contribution < 1.29 is 14.6 Å². The van der Waals surface area contributed by atoms with Crippen LogP contribution in [0.5, 0.6) is 11.6 Å². The minimum atomic E-state index is -0.292. The average Bonchev–Trinajstić information content (AvgIpc) is 3.02. The highest BCUT2D eigenvalue weighted by Crippen LogP contribution is 2.41. The number of aromatic hydroxyl groups is 1. The predicted molar refractivity (Wildman–Crippen MR) is 113 cm³/mol. The number of thiazole rings is 1. The third-order valence-corrected chi connectivity index (χ3v) is 6.15. The summed E-state index contributed by atoms with van der Waals surface area (Å²) in [6.45, 7) is 0.408. The summed E-state index contributed by atoms with van der Waals surface area (Å²) in [7, 11) is 1.58. The van der Waals surface area contributed by atoms with E-state index in [-0.39, 0.29) is 16.7 Å². The molecule has 0 fully saturated rings. The van der Waals surface area contributed by atoms with Gasteiger partial charge in [0.1, 0.15) is 5.75 Å². The number of carbonyl (C=O) groups excluding carboxylic acids is 1. The molecule has 0 radical (unpaired) electrons. The number of ether oxygens (including phenoxy) is 1. The van der Waals surface area contributed by atoms with E-state index in [0.29, 0.717) is 41.5 Å². The summed E-state index contributed by atoms with van der Waals surface area (Å²) >= 11 is 6.97. The van der Waals surface area contributed by atoms with Gasteiger partial charge in [-0.3, -0.25) is 14.6 Å². The molecule has 2 heterocycles.